The van der Waals surface area contributed by atoms with Crippen LogP contribution >= 0.6 is 11.3 Å². The largest absolute Gasteiger partial charge is 0.352 e. The number of aromatic nitrogens is 1. The minimum Gasteiger partial charge on any atom is -0.352 e. The van der Waals surface area contributed by atoms with Crippen LogP contribution in [-0.2, 0) is 4.79 Å². The van der Waals surface area contributed by atoms with E-state index in [2.05, 4.69) is 34.9 Å². The summed E-state index contributed by atoms with van der Waals surface area (Å²) in [5, 5.41) is 7.73. The molecule has 3 unspecified atom stereocenters. The Bertz CT molecular complexity index is 715. The molecule has 5 heteroatoms. The lowest BCUT2D eigenvalue weighted by Crippen LogP contribution is -2.48. The Labute approximate surface area is 146 Å². The Morgan fingerprint density at radius 2 is 2.12 bits per heavy atom. The molecule has 2 N–H and O–H groups in total. The van der Waals surface area contributed by atoms with Gasteiger partial charge in [0.15, 0.2) is 0 Å². The number of thiazole rings is 1. The van der Waals surface area contributed by atoms with Gasteiger partial charge in [-0.2, -0.15) is 0 Å². The monoisotopic (exact) mass is 341 g/mol. The van der Waals surface area contributed by atoms with Crippen molar-refractivity contribution in [3.8, 4) is 0 Å². The lowest BCUT2D eigenvalue weighted by Gasteiger charge is -2.30. The minimum atomic E-state index is -0.00233. The van der Waals surface area contributed by atoms with Crippen LogP contribution in [0.3, 0.4) is 0 Å². The third kappa shape index (κ3) is 3.23. The molecule has 1 amide bonds. The first kappa shape index (κ1) is 15.8. The van der Waals surface area contributed by atoms with Crippen LogP contribution in [0, 0.1) is 5.92 Å². The van der Waals surface area contributed by atoms with Gasteiger partial charge < -0.3 is 10.6 Å². The molecule has 4 rings (SSSR count). The highest BCUT2D eigenvalue weighted by Crippen LogP contribution is 2.38. The molecule has 0 radical (unpaired) electrons. The van der Waals surface area contributed by atoms with E-state index in [9.17, 15) is 4.79 Å². The third-order valence-electron chi connectivity index (χ3n) is 5.04. The van der Waals surface area contributed by atoms with E-state index in [1.54, 1.807) is 11.3 Å². The number of hydrogen-bond acceptors (Lipinski definition) is 4. The standard InChI is InChI=1S/C19H23N3OS/c23-18(21-13-6-5-11-20-12-13)14-7-1-2-8-15(14)19-22-16-9-3-4-10-17(16)24-19/h1-4,9-10,13-15,20H,5-8,11-12H2,(H,21,23). The van der Waals surface area contributed by atoms with E-state index in [1.165, 1.54) is 4.70 Å². The molecule has 126 valence electrons. The number of para-hydroxylation sites is 1. The molecule has 1 aromatic carbocycles. The van der Waals surface area contributed by atoms with Crippen LogP contribution in [0.2, 0.25) is 0 Å². The Balaban J connectivity index is 1.54. The van der Waals surface area contributed by atoms with Crippen molar-refractivity contribution in [1.82, 2.24) is 15.6 Å². The van der Waals surface area contributed by atoms with E-state index >= 15 is 0 Å². The molecule has 24 heavy (non-hydrogen) atoms. The van der Waals surface area contributed by atoms with Gasteiger partial charge in [0.2, 0.25) is 5.91 Å². The first-order valence-electron chi connectivity index (χ1n) is 8.83. The molecule has 1 fully saturated rings. The number of rotatable bonds is 3. The van der Waals surface area contributed by atoms with E-state index < -0.39 is 0 Å². The van der Waals surface area contributed by atoms with Crippen molar-refractivity contribution < 1.29 is 4.79 Å². The maximum Gasteiger partial charge on any atom is 0.224 e. The second-order valence-electron chi connectivity index (χ2n) is 6.73. The zero-order valence-electron chi connectivity index (χ0n) is 13.7. The van der Waals surface area contributed by atoms with Gasteiger partial charge in [-0.1, -0.05) is 24.3 Å². The number of nitrogens with zero attached hydrogens (tertiary/aromatic N) is 1. The summed E-state index contributed by atoms with van der Waals surface area (Å²) >= 11 is 1.73. The molecule has 2 aliphatic rings. The van der Waals surface area contributed by atoms with E-state index in [0.29, 0.717) is 0 Å². The van der Waals surface area contributed by atoms with Crippen LogP contribution in [-0.4, -0.2) is 30.0 Å². The summed E-state index contributed by atoms with van der Waals surface area (Å²) in [4.78, 5) is 17.7. The SMILES string of the molecule is O=C(NC1CCCNC1)C1CC=CCC1c1nc2ccccc2s1. The minimum absolute atomic E-state index is 0.00233. The van der Waals surface area contributed by atoms with Crippen LogP contribution in [0.25, 0.3) is 10.2 Å². The molecule has 1 aliphatic heterocycles. The van der Waals surface area contributed by atoms with Crippen LogP contribution in [0.15, 0.2) is 36.4 Å². The average Bonchev–Trinajstić information content (AvgIpc) is 3.06. The molecule has 0 spiro atoms. The van der Waals surface area contributed by atoms with Gasteiger partial charge in [0.1, 0.15) is 0 Å². The first-order chi connectivity index (χ1) is 11.8. The predicted octanol–water partition coefficient (Wildman–Crippen LogP) is 3.21. The van der Waals surface area contributed by atoms with Crippen molar-refractivity contribution in [3.63, 3.8) is 0 Å². The van der Waals surface area contributed by atoms with Crippen LogP contribution in [0.1, 0.15) is 36.6 Å². The zero-order chi connectivity index (χ0) is 16.4. The molecule has 0 saturated carbocycles. The number of nitrogens with one attached hydrogen (secondary N) is 2. The highest BCUT2D eigenvalue weighted by Gasteiger charge is 2.33. The molecule has 3 atom stereocenters. The summed E-state index contributed by atoms with van der Waals surface area (Å²) < 4.78 is 1.21. The number of amides is 1. The van der Waals surface area contributed by atoms with Gasteiger partial charge in [-0.15, -0.1) is 11.3 Å². The Morgan fingerprint density at radius 3 is 2.96 bits per heavy atom. The topological polar surface area (TPSA) is 54.0 Å². The lowest BCUT2D eigenvalue weighted by molar-refractivity contribution is -0.126. The molecule has 4 nitrogen and oxygen atoms in total. The molecule has 0 bridgehead atoms. The first-order valence-corrected chi connectivity index (χ1v) is 9.64. The summed E-state index contributed by atoms with van der Waals surface area (Å²) in [7, 11) is 0. The Kier molecular flexibility index (Phi) is 4.63. The molecule has 1 saturated heterocycles. The van der Waals surface area contributed by atoms with E-state index in [0.717, 1.165) is 49.3 Å². The van der Waals surface area contributed by atoms with Gasteiger partial charge in [0.25, 0.3) is 0 Å². The lowest BCUT2D eigenvalue weighted by atomic mass is 9.82. The normalized spacial score (nSPS) is 27.2. The van der Waals surface area contributed by atoms with Crippen molar-refractivity contribution in [2.24, 2.45) is 5.92 Å². The second-order valence-corrected chi connectivity index (χ2v) is 7.79. The Morgan fingerprint density at radius 1 is 1.25 bits per heavy atom. The van der Waals surface area contributed by atoms with Crippen LogP contribution in [0.5, 0.6) is 0 Å². The fraction of sp³-hybridized carbons (Fsp3) is 0.474. The molecular formula is C19H23N3OS. The number of allylic oxidation sites excluding steroid dienone is 2. The highest BCUT2D eigenvalue weighted by atomic mass is 32.1. The average molecular weight is 341 g/mol. The molecule has 1 aliphatic carbocycles. The molecular weight excluding hydrogens is 318 g/mol. The summed E-state index contributed by atoms with van der Waals surface area (Å²) in [6, 6.07) is 8.50. The van der Waals surface area contributed by atoms with E-state index in [-0.39, 0.29) is 23.8 Å². The van der Waals surface area contributed by atoms with E-state index in [4.69, 9.17) is 4.98 Å². The summed E-state index contributed by atoms with van der Waals surface area (Å²) in [5.41, 5.74) is 1.04. The summed E-state index contributed by atoms with van der Waals surface area (Å²) in [6.45, 7) is 1.95. The summed E-state index contributed by atoms with van der Waals surface area (Å²) in [6.07, 6.45) is 8.27. The number of benzene rings is 1. The van der Waals surface area contributed by atoms with Gasteiger partial charge >= 0.3 is 0 Å². The van der Waals surface area contributed by atoms with Crippen LogP contribution in [0.4, 0.5) is 0 Å². The quantitative estimate of drug-likeness (QED) is 0.843. The smallest absolute Gasteiger partial charge is 0.224 e. The highest BCUT2D eigenvalue weighted by molar-refractivity contribution is 7.18. The van der Waals surface area contributed by atoms with Crippen molar-refractivity contribution in [3.05, 3.63) is 41.4 Å². The fourth-order valence-electron chi connectivity index (χ4n) is 3.71. The van der Waals surface area contributed by atoms with Gasteiger partial charge in [-0.3, -0.25) is 4.79 Å². The predicted molar refractivity (Wildman–Crippen MR) is 98.3 cm³/mol. The number of hydrogen-bond donors (Lipinski definition) is 2. The van der Waals surface area contributed by atoms with Gasteiger partial charge in [0.05, 0.1) is 21.1 Å². The fourth-order valence-corrected chi connectivity index (χ4v) is 4.85. The van der Waals surface area contributed by atoms with Crippen molar-refractivity contribution in [2.45, 2.75) is 37.6 Å². The summed E-state index contributed by atoms with van der Waals surface area (Å²) in [5.74, 6) is 0.388. The number of carbonyl (C=O) groups is 1. The maximum absolute atomic E-state index is 12.9. The van der Waals surface area contributed by atoms with E-state index in [1.807, 2.05) is 12.1 Å². The Hall–Kier alpha value is -1.72. The third-order valence-corrected chi connectivity index (χ3v) is 6.21. The zero-order valence-corrected chi connectivity index (χ0v) is 14.5. The van der Waals surface area contributed by atoms with Gasteiger partial charge in [0, 0.05) is 18.5 Å². The molecule has 2 aromatic rings. The van der Waals surface area contributed by atoms with Crippen molar-refractivity contribution in [1.29, 1.82) is 0 Å². The van der Waals surface area contributed by atoms with Crippen LogP contribution < -0.4 is 10.6 Å². The van der Waals surface area contributed by atoms with Gasteiger partial charge in [-0.25, -0.2) is 4.98 Å². The number of piperidine rings is 1. The second kappa shape index (κ2) is 7.03. The van der Waals surface area contributed by atoms with Gasteiger partial charge in [-0.05, 0) is 44.4 Å². The van der Waals surface area contributed by atoms with Crippen molar-refractivity contribution in [2.75, 3.05) is 13.1 Å². The number of fused-ring (bicyclic) bond motifs is 1. The number of carbonyl (C=O) groups excluding carboxylic acids is 1. The van der Waals surface area contributed by atoms with Crippen molar-refractivity contribution >= 4 is 27.5 Å². The molecule has 1 aromatic heterocycles. The maximum atomic E-state index is 12.9. The molecule has 2 heterocycles.